The number of nitrogens with one attached hydrogen (secondary N) is 2. The Labute approximate surface area is 163 Å². The van der Waals surface area contributed by atoms with E-state index in [1.165, 1.54) is 12.1 Å². The van der Waals surface area contributed by atoms with Crippen molar-refractivity contribution in [2.75, 3.05) is 44.4 Å². The summed E-state index contributed by atoms with van der Waals surface area (Å²) >= 11 is 0. The zero-order valence-electron chi connectivity index (χ0n) is 15.9. The zero-order valence-corrected chi connectivity index (χ0v) is 15.9. The van der Waals surface area contributed by atoms with Crippen LogP contribution in [-0.2, 0) is 11.3 Å². The van der Waals surface area contributed by atoms with Gasteiger partial charge in [0, 0.05) is 31.4 Å². The molecule has 3 amide bonds. The van der Waals surface area contributed by atoms with Gasteiger partial charge in [0.1, 0.15) is 11.6 Å². The molecule has 0 fully saturated rings. The van der Waals surface area contributed by atoms with E-state index in [-0.39, 0.29) is 24.4 Å². The third-order valence-corrected chi connectivity index (χ3v) is 4.26. The number of benzene rings is 2. The summed E-state index contributed by atoms with van der Waals surface area (Å²) in [4.78, 5) is 27.8. The molecule has 0 saturated carbocycles. The Bertz CT molecular complexity index is 855. The summed E-state index contributed by atoms with van der Waals surface area (Å²) in [6, 6.07) is 10.9. The number of amides is 3. The Morgan fingerprint density at radius 2 is 1.93 bits per heavy atom. The Kier molecular flexibility index (Phi) is 6.10. The number of urea groups is 1. The molecule has 0 aromatic heterocycles. The molecule has 0 radical (unpaired) electrons. The summed E-state index contributed by atoms with van der Waals surface area (Å²) < 4.78 is 18.5. The second kappa shape index (κ2) is 8.71. The largest absolute Gasteiger partial charge is 0.482 e. The molecule has 2 aromatic carbocycles. The smallest absolute Gasteiger partial charge is 0.322 e. The molecule has 0 atom stereocenters. The third kappa shape index (κ3) is 5.20. The number of hydrogen-bond acceptors (Lipinski definition) is 4. The van der Waals surface area contributed by atoms with Crippen LogP contribution in [0.1, 0.15) is 5.56 Å². The monoisotopic (exact) mass is 386 g/mol. The summed E-state index contributed by atoms with van der Waals surface area (Å²) in [5.74, 6) is -0.0107. The van der Waals surface area contributed by atoms with Gasteiger partial charge in [-0.1, -0.05) is 12.1 Å². The highest BCUT2D eigenvalue weighted by Gasteiger charge is 2.18. The first-order valence-corrected chi connectivity index (χ1v) is 8.92. The number of halogens is 1. The molecule has 0 saturated heterocycles. The molecular weight excluding hydrogens is 363 g/mol. The van der Waals surface area contributed by atoms with Crippen LogP contribution < -0.4 is 15.4 Å². The standard InChI is InChI=1S/C20H23FN4O3/c1-24(2)9-10-25(12-14-3-5-15(21)6-4-14)20(27)22-16-7-8-17-18(11-16)28-13-19(26)23-17/h3-8,11H,9-10,12-13H2,1-2H3,(H,22,27)(H,23,26). The lowest BCUT2D eigenvalue weighted by atomic mass is 10.2. The number of anilines is 2. The molecule has 0 spiro atoms. The van der Waals surface area contributed by atoms with E-state index < -0.39 is 0 Å². The van der Waals surface area contributed by atoms with Gasteiger partial charge in [-0.25, -0.2) is 9.18 Å². The quantitative estimate of drug-likeness (QED) is 0.801. The van der Waals surface area contributed by atoms with Crippen molar-refractivity contribution in [2.45, 2.75) is 6.54 Å². The van der Waals surface area contributed by atoms with Gasteiger partial charge in [0.15, 0.2) is 6.61 Å². The van der Waals surface area contributed by atoms with Crippen LogP contribution in [0.3, 0.4) is 0 Å². The van der Waals surface area contributed by atoms with E-state index >= 15 is 0 Å². The van der Waals surface area contributed by atoms with Crippen molar-refractivity contribution >= 4 is 23.3 Å². The zero-order chi connectivity index (χ0) is 20.1. The second-order valence-corrected chi connectivity index (χ2v) is 6.83. The van der Waals surface area contributed by atoms with Gasteiger partial charge < -0.3 is 25.2 Å². The summed E-state index contributed by atoms with van der Waals surface area (Å²) in [5.41, 5.74) is 1.98. The van der Waals surface area contributed by atoms with E-state index in [1.807, 2.05) is 19.0 Å². The second-order valence-electron chi connectivity index (χ2n) is 6.83. The Morgan fingerprint density at radius 1 is 1.18 bits per heavy atom. The highest BCUT2D eigenvalue weighted by molar-refractivity contribution is 5.96. The first-order chi connectivity index (χ1) is 13.4. The van der Waals surface area contributed by atoms with E-state index in [4.69, 9.17) is 4.74 Å². The van der Waals surface area contributed by atoms with Crippen molar-refractivity contribution in [3.63, 3.8) is 0 Å². The summed E-state index contributed by atoms with van der Waals surface area (Å²) in [5, 5.41) is 5.57. The predicted octanol–water partition coefficient (Wildman–Crippen LogP) is 2.75. The molecule has 0 unspecified atom stereocenters. The van der Waals surface area contributed by atoms with Crippen LogP contribution in [0.2, 0.25) is 0 Å². The number of carbonyl (C=O) groups excluding carboxylic acids is 2. The number of ether oxygens (including phenoxy) is 1. The first-order valence-electron chi connectivity index (χ1n) is 8.92. The number of carbonyl (C=O) groups is 2. The van der Waals surface area contributed by atoms with Gasteiger partial charge in [-0.2, -0.15) is 0 Å². The Balaban J connectivity index is 1.71. The molecule has 1 aliphatic heterocycles. The van der Waals surface area contributed by atoms with Gasteiger partial charge in [0.25, 0.3) is 5.91 Å². The Morgan fingerprint density at radius 3 is 2.64 bits per heavy atom. The molecule has 148 valence electrons. The van der Waals surface area contributed by atoms with E-state index in [0.29, 0.717) is 36.8 Å². The van der Waals surface area contributed by atoms with Crippen molar-refractivity contribution in [1.82, 2.24) is 9.80 Å². The maximum absolute atomic E-state index is 13.1. The number of rotatable bonds is 6. The topological polar surface area (TPSA) is 73.9 Å². The van der Waals surface area contributed by atoms with Gasteiger partial charge in [-0.15, -0.1) is 0 Å². The number of likely N-dealkylation sites (N-methyl/N-ethyl adjacent to an activating group) is 1. The molecule has 8 heteroatoms. The molecular formula is C20H23FN4O3. The minimum absolute atomic E-state index is 0.0517. The van der Waals surface area contributed by atoms with Crippen molar-refractivity contribution in [2.24, 2.45) is 0 Å². The van der Waals surface area contributed by atoms with Gasteiger partial charge in [-0.05, 0) is 43.9 Å². The van der Waals surface area contributed by atoms with E-state index in [9.17, 15) is 14.0 Å². The van der Waals surface area contributed by atoms with Crippen LogP contribution in [0.25, 0.3) is 0 Å². The number of hydrogen-bond donors (Lipinski definition) is 2. The average Bonchev–Trinajstić information content (AvgIpc) is 2.66. The van der Waals surface area contributed by atoms with Crippen LogP contribution >= 0.6 is 0 Å². The minimum atomic E-state index is -0.311. The minimum Gasteiger partial charge on any atom is -0.482 e. The maximum Gasteiger partial charge on any atom is 0.322 e. The third-order valence-electron chi connectivity index (χ3n) is 4.26. The molecule has 1 aliphatic rings. The van der Waals surface area contributed by atoms with Crippen LogP contribution in [0.4, 0.5) is 20.6 Å². The summed E-state index contributed by atoms with van der Waals surface area (Å²) in [7, 11) is 3.87. The highest BCUT2D eigenvalue weighted by Crippen LogP contribution is 2.30. The lowest BCUT2D eigenvalue weighted by Gasteiger charge is -2.25. The predicted molar refractivity (Wildman–Crippen MR) is 105 cm³/mol. The molecule has 7 nitrogen and oxygen atoms in total. The van der Waals surface area contributed by atoms with Gasteiger partial charge in [0.2, 0.25) is 0 Å². The molecule has 28 heavy (non-hydrogen) atoms. The lowest BCUT2D eigenvalue weighted by molar-refractivity contribution is -0.118. The molecule has 2 aromatic rings. The SMILES string of the molecule is CN(C)CCN(Cc1ccc(F)cc1)C(=O)Nc1ccc2c(c1)OCC(=O)N2. The number of fused-ring (bicyclic) bond motifs is 1. The fraction of sp³-hybridized carbons (Fsp3) is 0.300. The molecule has 0 aliphatic carbocycles. The molecule has 3 rings (SSSR count). The van der Waals surface area contributed by atoms with Gasteiger partial charge in [-0.3, -0.25) is 4.79 Å². The van der Waals surface area contributed by atoms with E-state index in [2.05, 4.69) is 10.6 Å². The fourth-order valence-corrected chi connectivity index (χ4v) is 2.74. The maximum atomic E-state index is 13.1. The number of nitrogens with zero attached hydrogens (tertiary/aromatic N) is 2. The van der Waals surface area contributed by atoms with Crippen molar-refractivity contribution in [1.29, 1.82) is 0 Å². The highest BCUT2D eigenvalue weighted by atomic mass is 19.1. The lowest BCUT2D eigenvalue weighted by Crippen LogP contribution is -2.39. The van der Waals surface area contributed by atoms with Gasteiger partial charge in [0.05, 0.1) is 5.69 Å². The normalized spacial score (nSPS) is 12.8. The molecule has 2 N–H and O–H groups in total. The van der Waals surface area contributed by atoms with Crippen LogP contribution in [0.15, 0.2) is 42.5 Å². The average molecular weight is 386 g/mol. The van der Waals surface area contributed by atoms with Crippen molar-refractivity contribution < 1.29 is 18.7 Å². The van der Waals surface area contributed by atoms with Crippen LogP contribution in [0, 0.1) is 5.82 Å². The van der Waals surface area contributed by atoms with E-state index in [0.717, 1.165) is 5.56 Å². The van der Waals surface area contributed by atoms with Gasteiger partial charge >= 0.3 is 6.03 Å². The molecule has 0 bridgehead atoms. The summed E-state index contributed by atoms with van der Waals surface area (Å²) in [6.07, 6.45) is 0. The Hall–Kier alpha value is -3.13. The van der Waals surface area contributed by atoms with Crippen molar-refractivity contribution in [3.8, 4) is 5.75 Å². The van der Waals surface area contributed by atoms with Crippen LogP contribution in [0.5, 0.6) is 5.75 Å². The van der Waals surface area contributed by atoms with Crippen molar-refractivity contribution in [3.05, 3.63) is 53.8 Å². The molecule has 1 heterocycles. The van der Waals surface area contributed by atoms with E-state index in [1.54, 1.807) is 35.2 Å². The van der Waals surface area contributed by atoms with Crippen LogP contribution in [-0.4, -0.2) is 55.5 Å². The summed E-state index contributed by atoms with van der Waals surface area (Å²) in [6.45, 7) is 1.50. The first kappa shape index (κ1) is 19.6. The fourth-order valence-electron chi connectivity index (χ4n) is 2.74.